The molecule has 1 atom stereocenters. The third-order valence-corrected chi connectivity index (χ3v) is 2.90. The molecule has 0 spiro atoms. The molecule has 92 valence electrons. The summed E-state index contributed by atoms with van der Waals surface area (Å²) >= 11 is 0. The van der Waals surface area contributed by atoms with Gasteiger partial charge < -0.3 is 5.32 Å². The van der Waals surface area contributed by atoms with Crippen molar-refractivity contribution in [3.05, 3.63) is 0 Å². The summed E-state index contributed by atoms with van der Waals surface area (Å²) in [5.41, 5.74) is 0. The van der Waals surface area contributed by atoms with Gasteiger partial charge in [-0.05, 0) is 25.8 Å². The molecule has 1 unspecified atom stereocenters. The van der Waals surface area contributed by atoms with E-state index >= 15 is 0 Å². The summed E-state index contributed by atoms with van der Waals surface area (Å²) in [5.74, 6) is 0.748. The van der Waals surface area contributed by atoms with Crippen molar-refractivity contribution in [1.82, 2.24) is 10.2 Å². The van der Waals surface area contributed by atoms with Crippen LogP contribution in [0, 0.1) is 5.92 Å². The minimum Gasteiger partial charge on any atom is -0.355 e. The summed E-state index contributed by atoms with van der Waals surface area (Å²) in [5, 5.41) is 2.86. The largest absolute Gasteiger partial charge is 0.355 e. The Morgan fingerprint density at radius 1 is 1.56 bits per heavy atom. The zero-order chi connectivity index (χ0) is 12.1. The van der Waals surface area contributed by atoms with E-state index in [2.05, 4.69) is 19.2 Å². The second-order valence-electron chi connectivity index (χ2n) is 4.99. The molecule has 0 radical (unpaired) electrons. The van der Waals surface area contributed by atoms with E-state index in [0.29, 0.717) is 25.4 Å². The van der Waals surface area contributed by atoms with Gasteiger partial charge in [-0.25, -0.2) is 0 Å². The van der Waals surface area contributed by atoms with Crippen molar-refractivity contribution in [2.75, 3.05) is 20.1 Å². The highest BCUT2D eigenvalue weighted by molar-refractivity contribution is 5.87. The first-order chi connectivity index (χ1) is 7.50. The Morgan fingerprint density at radius 3 is 2.75 bits per heavy atom. The maximum Gasteiger partial charge on any atom is 0.234 e. The highest BCUT2D eigenvalue weighted by Gasteiger charge is 2.28. The molecule has 1 fully saturated rings. The fraction of sp³-hybridized carbons (Fsp3) is 0.833. The highest BCUT2D eigenvalue weighted by atomic mass is 16.2. The molecular formula is C12H22N2O2. The van der Waals surface area contributed by atoms with Crippen LogP contribution < -0.4 is 5.32 Å². The third-order valence-electron chi connectivity index (χ3n) is 2.90. The maximum atomic E-state index is 11.6. The van der Waals surface area contributed by atoms with Crippen LogP contribution in [0.25, 0.3) is 0 Å². The van der Waals surface area contributed by atoms with Crippen LogP contribution >= 0.6 is 0 Å². The Kier molecular flexibility index (Phi) is 4.93. The molecule has 0 bridgehead atoms. The van der Waals surface area contributed by atoms with Crippen LogP contribution in [-0.4, -0.2) is 42.8 Å². The van der Waals surface area contributed by atoms with Crippen molar-refractivity contribution in [2.24, 2.45) is 5.92 Å². The van der Waals surface area contributed by atoms with Crippen molar-refractivity contribution in [1.29, 1.82) is 0 Å². The number of hydrogen-bond donors (Lipinski definition) is 1. The van der Waals surface area contributed by atoms with E-state index in [4.69, 9.17) is 0 Å². The van der Waals surface area contributed by atoms with Crippen LogP contribution in [0.1, 0.15) is 33.1 Å². The Morgan fingerprint density at radius 2 is 2.25 bits per heavy atom. The Bertz CT molecular complexity index is 264. The minimum absolute atomic E-state index is 0.0101. The predicted octanol–water partition coefficient (Wildman–Crippen LogP) is 0.812. The van der Waals surface area contributed by atoms with Gasteiger partial charge in [0.2, 0.25) is 5.91 Å². The summed E-state index contributed by atoms with van der Waals surface area (Å²) < 4.78 is 0. The van der Waals surface area contributed by atoms with E-state index in [1.54, 1.807) is 0 Å². The van der Waals surface area contributed by atoms with E-state index in [0.717, 1.165) is 12.8 Å². The average molecular weight is 226 g/mol. The van der Waals surface area contributed by atoms with Crippen molar-refractivity contribution >= 4 is 11.7 Å². The van der Waals surface area contributed by atoms with Crippen molar-refractivity contribution in [3.63, 3.8) is 0 Å². The predicted molar refractivity (Wildman–Crippen MR) is 63.1 cm³/mol. The molecule has 0 saturated heterocycles. The first-order valence-electron chi connectivity index (χ1n) is 6.00. The lowest BCUT2D eigenvalue weighted by molar-refractivity contribution is -0.125. The van der Waals surface area contributed by atoms with Gasteiger partial charge in [0, 0.05) is 13.0 Å². The zero-order valence-electron chi connectivity index (χ0n) is 10.5. The fourth-order valence-electron chi connectivity index (χ4n) is 1.97. The number of ketones is 1. The summed E-state index contributed by atoms with van der Waals surface area (Å²) in [7, 11) is 1.85. The van der Waals surface area contributed by atoms with Crippen LogP contribution in [0.5, 0.6) is 0 Å². The van der Waals surface area contributed by atoms with Crippen LogP contribution in [0.4, 0.5) is 0 Å². The van der Waals surface area contributed by atoms with Gasteiger partial charge >= 0.3 is 0 Å². The third kappa shape index (κ3) is 3.93. The van der Waals surface area contributed by atoms with Gasteiger partial charge in [-0.15, -0.1) is 0 Å². The minimum atomic E-state index is -0.0372. The molecule has 0 heterocycles. The van der Waals surface area contributed by atoms with Crippen LogP contribution in [0.15, 0.2) is 0 Å². The monoisotopic (exact) mass is 226 g/mol. The number of Topliss-reactive ketones (excluding diaryl/α,β-unsaturated/α-hetero) is 1. The number of carbonyl (C=O) groups excluding carboxylic acids is 2. The molecule has 0 aromatic carbocycles. The lowest BCUT2D eigenvalue weighted by Gasteiger charge is -2.22. The summed E-state index contributed by atoms with van der Waals surface area (Å²) in [6, 6.07) is -0.0372. The van der Waals surface area contributed by atoms with E-state index in [1.807, 2.05) is 11.9 Å². The van der Waals surface area contributed by atoms with E-state index in [-0.39, 0.29) is 17.7 Å². The number of carbonyl (C=O) groups is 2. The van der Waals surface area contributed by atoms with Crippen LogP contribution in [-0.2, 0) is 9.59 Å². The van der Waals surface area contributed by atoms with Gasteiger partial charge in [-0.3, -0.25) is 14.5 Å². The number of amides is 1. The van der Waals surface area contributed by atoms with Gasteiger partial charge in [0.15, 0.2) is 0 Å². The number of hydrogen-bond acceptors (Lipinski definition) is 3. The van der Waals surface area contributed by atoms with Crippen LogP contribution in [0.3, 0.4) is 0 Å². The quantitative estimate of drug-likeness (QED) is 0.755. The summed E-state index contributed by atoms with van der Waals surface area (Å²) in [4.78, 5) is 24.9. The van der Waals surface area contributed by atoms with Gasteiger partial charge in [-0.1, -0.05) is 13.8 Å². The molecule has 0 aromatic heterocycles. The molecule has 4 heteroatoms. The molecule has 0 aliphatic heterocycles. The molecule has 1 aliphatic rings. The first kappa shape index (κ1) is 13.2. The molecular weight excluding hydrogens is 204 g/mol. The molecule has 1 aliphatic carbocycles. The second-order valence-corrected chi connectivity index (χ2v) is 4.99. The molecule has 0 aromatic rings. The molecule has 1 N–H and O–H groups in total. The van der Waals surface area contributed by atoms with E-state index in [9.17, 15) is 9.59 Å². The van der Waals surface area contributed by atoms with Gasteiger partial charge in [0.25, 0.3) is 0 Å². The number of likely N-dealkylation sites (N-methyl/N-ethyl adjacent to an activating group) is 1. The highest BCUT2D eigenvalue weighted by Crippen LogP contribution is 2.18. The topological polar surface area (TPSA) is 49.4 Å². The standard InChI is InChI=1S/C12H22N2O2/c1-9(2)7-13-12(16)8-14(3)10-5-4-6-11(10)15/h9-10H,4-8H2,1-3H3,(H,13,16). The van der Waals surface area contributed by atoms with Gasteiger partial charge in [0.05, 0.1) is 12.6 Å². The van der Waals surface area contributed by atoms with Crippen LogP contribution in [0.2, 0.25) is 0 Å². The fourth-order valence-corrected chi connectivity index (χ4v) is 1.97. The smallest absolute Gasteiger partial charge is 0.234 e. The Hall–Kier alpha value is -0.900. The normalized spacial score (nSPS) is 20.8. The van der Waals surface area contributed by atoms with Gasteiger partial charge in [0.1, 0.15) is 5.78 Å². The second kappa shape index (κ2) is 5.99. The molecule has 4 nitrogen and oxygen atoms in total. The first-order valence-corrected chi connectivity index (χ1v) is 6.00. The molecule has 16 heavy (non-hydrogen) atoms. The van der Waals surface area contributed by atoms with Gasteiger partial charge in [-0.2, -0.15) is 0 Å². The SMILES string of the molecule is CC(C)CNC(=O)CN(C)C1CCCC1=O. The van der Waals surface area contributed by atoms with Crippen molar-refractivity contribution in [3.8, 4) is 0 Å². The molecule has 1 amide bonds. The van der Waals surface area contributed by atoms with Crippen molar-refractivity contribution in [2.45, 2.75) is 39.2 Å². The van der Waals surface area contributed by atoms with E-state index in [1.165, 1.54) is 0 Å². The summed E-state index contributed by atoms with van der Waals surface area (Å²) in [6.07, 6.45) is 2.52. The van der Waals surface area contributed by atoms with E-state index < -0.39 is 0 Å². The summed E-state index contributed by atoms with van der Waals surface area (Å²) in [6.45, 7) is 5.14. The number of rotatable bonds is 5. The lowest BCUT2D eigenvalue weighted by atomic mass is 10.2. The zero-order valence-corrected chi connectivity index (χ0v) is 10.5. The average Bonchev–Trinajstić information content (AvgIpc) is 2.61. The van der Waals surface area contributed by atoms with Crippen molar-refractivity contribution < 1.29 is 9.59 Å². The molecule has 1 saturated carbocycles. The maximum absolute atomic E-state index is 11.6. The Labute approximate surface area is 97.4 Å². The lowest BCUT2D eigenvalue weighted by Crippen LogP contribution is -2.43. The number of nitrogens with zero attached hydrogens (tertiary/aromatic N) is 1. The number of nitrogens with one attached hydrogen (secondary N) is 1. The molecule has 1 rings (SSSR count). The Balaban J connectivity index is 2.30.